The van der Waals surface area contributed by atoms with E-state index in [9.17, 15) is 9.59 Å². The predicted octanol–water partition coefficient (Wildman–Crippen LogP) is 2.71. The Hall–Kier alpha value is -4.27. The molecule has 2 heterocycles. The second kappa shape index (κ2) is 9.90. The molecule has 9 heteroatoms. The zero-order valence-electron chi connectivity index (χ0n) is 18.2. The number of nitrogens with one attached hydrogen (secondary N) is 1. The minimum absolute atomic E-state index is 0.157. The van der Waals surface area contributed by atoms with Crippen LogP contribution >= 0.6 is 0 Å². The third-order valence-corrected chi connectivity index (χ3v) is 4.95. The first-order valence-corrected chi connectivity index (χ1v) is 10.2. The summed E-state index contributed by atoms with van der Waals surface area (Å²) in [5, 5.41) is 6.84. The summed E-state index contributed by atoms with van der Waals surface area (Å²) in [6.45, 7) is 0.851. The highest BCUT2D eigenvalue weighted by Gasteiger charge is 2.28. The van der Waals surface area contributed by atoms with Gasteiger partial charge in [0.15, 0.2) is 23.9 Å². The third kappa shape index (κ3) is 4.98. The number of hydrogen-bond donors (Lipinski definition) is 1. The zero-order valence-corrected chi connectivity index (χ0v) is 18.2. The van der Waals surface area contributed by atoms with Crippen LogP contribution in [0.4, 0.5) is 0 Å². The molecule has 0 saturated carbocycles. The number of ketones is 1. The Balaban J connectivity index is 1.39. The van der Waals surface area contributed by atoms with E-state index in [4.69, 9.17) is 18.9 Å². The van der Waals surface area contributed by atoms with Gasteiger partial charge in [-0.05, 0) is 30.3 Å². The summed E-state index contributed by atoms with van der Waals surface area (Å²) >= 11 is 0. The van der Waals surface area contributed by atoms with Gasteiger partial charge in [0.2, 0.25) is 5.78 Å². The Morgan fingerprint density at radius 2 is 2.06 bits per heavy atom. The summed E-state index contributed by atoms with van der Waals surface area (Å²) in [5.74, 6) is 1.48. The van der Waals surface area contributed by atoms with Gasteiger partial charge in [-0.15, -0.1) is 0 Å². The summed E-state index contributed by atoms with van der Waals surface area (Å²) in [6.07, 6.45) is 5.11. The number of amides is 1. The van der Waals surface area contributed by atoms with Gasteiger partial charge in [-0.2, -0.15) is 5.10 Å². The highest BCUT2D eigenvalue weighted by atomic mass is 16.5. The van der Waals surface area contributed by atoms with Crippen LogP contribution in [0.3, 0.4) is 0 Å². The zero-order chi connectivity index (χ0) is 23.2. The van der Waals surface area contributed by atoms with E-state index in [1.165, 1.54) is 7.11 Å². The second-order valence-corrected chi connectivity index (χ2v) is 7.09. The Bertz CT molecular complexity index is 1190. The van der Waals surface area contributed by atoms with Crippen LogP contribution in [0.25, 0.3) is 6.08 Å². The number of allylic oxidation sites excluding steroid dienone is 1. The fourth-order valence-corrected chi connectivity index (χ4v) is 3.37. The smallest absolute Gasteiger partial charge is 0.258 e. The summed E-state index contributed by atoms with van der Waals surface area (Å²) < 4.78 is 23.8. The maximum atomic E-state index is 12.8. The van der Waals surface area contributed by atoms with Crippen LogP contribution in [-0.2, 0) is 11.3 Å². The van der Waals surface area contributed by atoms with E-state index in [2.05, 4.69) is 10.4 Å². The van der Waals surface area contributed by atoms with Crippen molar-refractivity contribution >= 4 is 17.8 Å². The van der Waals surface area contributed by atoms with Crippen LogP contribution in [0.15, 0.2) is 60.6 Å². The number of ether oxygens (including phenoxy) is 4. The van der Waals surface area contributed by atoms with E-state index < -0.39 is 0 Å². The highest BCUT2D eigenvalue weighted by Crippen LogP contribution is 2.37. The molecule has 0 unspecified atom stereocenters. The SMILES string of the molecule is COc1cccc(/C=C2\Oc3cc(OCC(=O)NCCn4cccn4)ccc3C2=O)c1OC. The van der Waals surface area contributed by atoms with Gasteiger partial charge < -0.3 is 24.3 Å². The van der Waals surface area contributed by atoms with Gasteiger partial charge in [-0.1, -0.05) is 12.1 Å². The van der Waals surface area contributed by atoms with Gasteiger partial charge in [0.05, 0.1) is 26.3 Å². The first-order chi connectivity index (χ1) is 16.1. The molecular formula is C24H23N3O6. The van der Waals surface area contributed by atoms with Crippen LogP contribution in [0, 0.1) is 0 Å². The van der Waals surface area contributed by atoms with Crippen LogP contribution in [-0.4, -0.2) is 48.8 Å². The average Bonchev–Trinajstić information content (AvgIpc) is 3.45. The van der Waals surface area contributed by atoms with Crippen LogP contribution in [0.1, 0.15) is 15.9 Å². The van der Waals surface area contributed by atoms with Crippen molar-refractivity contribution < 1.29 is 28.5 Å². The molecule has 0 bridgehead atoms. The molecule has 1 aromatic heterocycles. The normalized spacial score (nSPS) is 13.4. The fourth-order valence-electron chi connectivity index (χ4n) is 3.37. The van der Waals surface area contributed by atoms with Gasteiger partial charge >= 0.3 is 0 Å². The molecular weight excluding hydrogens is 426 g/mol. The van der Waals surface area contributed by atoms with Gasteiger partial charge in [0, 0.05) is 30.6 Å². The third-order valence-electron chi connectivity index (χ3n) is 4.95. The molecule has 2 aromatic carbocycles. The number of rotatable bonds is 9. The predicted molar refractivity (Wildman–Crippen MR) is 120 cm³/mol. The topological polar surface area (TPSA) is 101 Å². The Kier molecular flexibility index (Phi) is 6.58. The van der Waals surface area contributed by atoms with Gasteiger partial charge in [0.1, 0.15) is 11.5 Å². The van der Waals surface area contributed by atoms with Crippen molar-refractivity contribution in [1.29, 1.82) is 0 Å². The molecule has 170 valence electrons. The Morgan fingerprint density at radius 3 is 2.82 bits per heavy atom. The lowest BCUT2D eigenvalue weighted by Gasteiger charge is -2.10. The number of carbonyl (C=O) groups is 2. The number of fused-ring (bicyclic) bond motifs is 1. The molecule has 1 N–H and O–H groups in total. The lowest BCUT2D eigenvalue weighted by atomic mass is 10.1. The van der Waals surface area contributed by atoms with E-state index in [1.54, 1.807) is 60.5 Å². The van der Waals surface area contributed by atoms with E-state index in [-0.39, 0.29) is 24.1 Å². The molecule has 3 aromatic rings. The molecule has 0 fully saturated rings. The molecule has 0 spiro atoms. The van der Waals surface area contributed by atoms with Crippen molar-refractivity contribution in [3.05, 3.63) is 71.7 Å². The minimum atomic E-state index is -0.259. The lowest BCUT2D eigenvalue weighted by molar-refractivity contribution is -0.123. The number of benzene rings is 2. The Morgan fingerprint density at radius 1 is 1.18 bits per heavy atom. The first kappa shape index (κ1) is 21.9. The average molecular weight is 449 g/mol. The van der Waals surface area contributed by atoms with E-state index >= 15 is 0 Å². The number of nitrogens with zero attached hydrogens (tertiary/aromatic N) is 2. The summed E-state index contributed by atoms with van der Waals surface area (Å²) in [4.78, 5) is 24.8. The summed E-state index contributed by atoms with van der Waals surface area (Å²) in [5.41, 5.74) is 1.07. The molecule has 0 saturated heterocycles. The van der Waals surface area contributed by atoms with Crippen molar-refractivity contribution in [3.8, 4) is 23.0 Å². The molecule has 0 atom stereocenters. The van der Waals surface area contributed by atoms with Crippen molar-refractivity contribution in [2.45, 2.75) is 6.54 Å². The molecule has 0 radical (unpaired) electrons. The second-order valence-electron chi connectivity index (χ2n) is 7.09. The molecule has 1 aliphatic rings. The van der Waals surface area contributed by atoms with Gasteiger partial charge in [-0.25, -0.2) is 0 Å². The number of para-hydroxylation sites is 1. The first-order valence-electron chi connectivity index (χ1n) is 10.2. The van der Waals surface area contributed by atoms with Gasteiger partial charge in [0.25, 0.3) is 5.91 Å². The standard InChI is InChI=1S/C24H23N3O6/c1-30-19-6-3-5-16(24(19)31-2)13-21-23(29)18-8-7-17(14-20(18)33-21)32-15-22(28)25-10-12-27-11-4-9-26-27/h3-9,11,13-14H,10,12,15H2,1-2H3,(H,25,28)/b21-13-. The summed E-state index contributed by atoms with van der Waals surface area (Å²) in [6, 6.07) is 12.0. The summed E-state index contributed by atoms with van der Waals surface area (Å²) in [7, 11) is 3.08. The Labute approximate surface area is 190 Å². The number of hydrogen-bond acceptors (Lipinski definition) is 7. The molecule has 9 nitrogen and oxygen atoms in total. The van der Waals surface area contributed by atoms with E-state index in [0.717, 1.165) is 0 Å². The van der Waals surface area contributed by atoms with Crippen molar-refractivity contribution in [2.75, 3.05) is 27.4 Å². The molecule has 4 rings (SSSR count). The lowest BCUT2D eigenvalue weighted by Crippen LogP contribution is -2.31. The maximum absolute atomic E-state index is 12.8. The van der Waals surface area contributed by atoms with Crippen LogP contribution in [0.5, 0.6) is 23.0 Å². The minimum Gasteiger partial charge on any atom is -0.493 e. The van der Waals surface area contributed by atoms with Gasteiger partial charge in [-0.3, -0.25) is 14.3 Å². The van der Waals surface area contributed by atoms with Crippen molar-refractivity contribution in [1.82, 2.24) is 15.1 Å². The molecule has 1 amide bonds. The monoisotopic (exact) mass is 449 g/mol. The van der Waals surface area contributed by atoms with Crippen molar-refractivity contribution in [3.63, 3.8) is 0 Å². The van der Waals surface area contributed by atoms with E-state index in [0.29, 0.717) is 47.2 Å². The number of Topliss-reactive ketones (excluding diaryl/α,β-unsaturated/α-hetero) is 1. The fraction of sp³-hybridized carbons (Fsp3) is 0.208. The number of aromatic nitrogens is 2. The van der Waals surface area contributed by atoms with Crippen LogP contribution in [0.2, 0.25) is 0 Å². The number of carbonyl (C=O) groups excluding carboxylic acids is 2. The number of methoxy groups -OCH3 is 2. The van der Waals surface area contributed by atoms with Crippen molar-refractivity contribution in [2.24, 2.45) is 0 Å². The maximum Gasteiger partial charge on any atom is 0.258 e. The molecule has 0 aliphatic carbocycles. The van der Waals surface area contributed by atoms with E-state index in [1.807, 2.05) is 12.3 Å². The van der Waals surface area contributed by atoms with Crippen LogP contribution < -0.4 is 24.3 Å². The largest absolute Gasteiger partial charge is 0.493 e. The highest BCUT2D eigenvalue weighted by molar-refractivity contribution is 6.14. The molecule has 1 aliphatic heterocycles. The quantitative estimate of drug-likeness (QED) is 0.501. The molecule has 33 heavy (non-hydrogen) atoms.